The summed E-state index contributed by atoms with van der Waals surface area (Å²) in [7, 11) is -4.01. The van der Waals surface area contributed by atoms with Crippen LogP contribution in [0.15, 0.2) is 64.4 Å². The minimum absolute atomic E-state index is 0.0590. The summed E-state index contributed by atoms with van der Waals surface area (Å²) < 4.78 is 28.9. The van der Waals surface area contributed by atoms with E-state index >= 15 is 0 Å². The SMILES string of the molecule is O=C1NC(=O)/C(=C2/C(=O)N(Cc3ccc(Cl)c(Cl)c3)c3ccc(S(=O)(=O)NCCc4ccc(Cl)c(Cl)c4)cc32)S1. The number of carbonyl (C=O) groups is 3. The molecule has 5 rings (SSSR count). The van der Waals surface area contributed by atoms with Gasteiger partial charge in [0.2, 0.25) is 10.0 Å². The lowest BCUT2D eigenvalue weighted by atomic mass is 10.1. The minimum Gasteiger partial charge on any atom is -0.303 e. The molecule has 14 heteroatoms. The van der Waals surface area contributed by atoms with Crippen molar-refractivity contribution in [3.05, 3.63) is 96.3 Å². The molecule has 40 heavy (non-hydrogen) atoms. The molecule has 3 aromatic carbocycles. The molecule has 0 spiro atoms. The Hall–Kier alpha value is -2.57. The van der Waals surface area contributed by atoms with E-state index in [1.54, 1.807) is 36.4 Å². The van der Waals surface area contributed by atoms with Crippen LogP contribution in [0.4, 0.5) is 10.5 Å². The summed E-state index contributed by atoms with van der Waals surface area (Å²) >= 11 is 24.7. The highest BCUT2D eigenvalue weighted by Gasteiger charge is 2.40. The molecule has 0 aromatic heterocycles. The maximum atomic E-state index is 13.6. The number of nitrogens with one attached hydrogen (secondary N) is 2. The third kappa shape index (κ3) is 5.75. The van der Waals surface area contributed by atoms with Crippen LogP contribution in [0.3, 0.4) is 0 Å². The van der Waals surface area contributed by atoms with E-state index in [1.165, 1.54) is 23.1 Å². The fraction of sp³-hybridized carbons (Fsp3) is 0.115. The van der Waals surface area contributed by atoms with Crippen LogP contribution in [0.5, 0.6) is 0 Å². The molecule has 3 aromatic rings. The molecule has 206 valence electrons. The van der Waals surface area contributed by atoms with Crippen molar-refractivity contribution < 1.29 is 22.8 Å². The highest BCUT2D eigenvalue weighted by molar-refractivity contribution is 8.18. The van der Waals surface area contributed by atoms with Gasteiger partial charge in [-0.05, 0) is 71.8 Å². The number of benzene rings is 3. The molecule has 0 saturated carbocycles. The van der Waals surface area contributed by atoms with E-state index < -0.39 is 27.1 Å². The largest absolute Gasteiger partial charge is 0.303 e. The summed E-state index contributed by atoms with van der Waals surface area (Å²) in [4.78, 5) is 39.2. The third-order valence-corrected chi connectivity index (χ3v) is 9.97. The second-order valence-electron chi connectivity index (χ2n) is 8.76. The first-order valence-electron chi connectivity index (χ1n) is 11.6. The lowest BCUT2D eigenvalue weighted by molar-refractivity contribution is -0.116. The maximum Gasteiger partial charge on any atom is 0.290 e. The van der Waals surface area contributed by atoms with E-state index in [0.717, 1.165) is 5.56 Å². The van der Waals surface area contributed by atoms with Gasteiger partial charge in [-0.1, -0.05) is 58.5 Å². The van der Waals surface area contributed by atoms with Gasteiger partial charge in [-0.25, -0.2) is 13.1 Å². The number of nitrogens with zero attached hydrogens (tertiary/aromatic N) is 1. The van der Waals surface area contributed by atoms with Gasteiger partial charge in [0, 0.05) is 12.1 Å². The first-order valence-corrected chi connectivity index (χ1v) is 15.4. The van der Waals surface area contributed by atoms with Crippen LogP contribution in [0.1, 0.15) is 16.7 Å². The molecule has 8 nitrogen and oxygen atoms in total. The third-order valence-electron chi connectivity index (χ3n) is 6.16. The van der Waals surface area contributed by atoms with Gasteiger partial charge >= 0.3 is 0 Å². The highest BCUT2D eigenvalue weighted by atomic mass is 35.5. The molecule has 2 aliphatic rings. The molecule has 3 amide bonds. The van der Waals surface area contributed by atoms with Crippen LogP contribution >= 0.6 is 58.2 Å². The number of anilines is 1. The average Bonchev–Trinajstić information content (AvgIpc) is 3.37. The number of imide groups is 1. The maximum absolute atomic E-state index is 13.6. The smallest absolute Gasteiger partial charge is 0.290 e. The van der Waals surface area contributed by atoms with Crippen LogP contribution < -0.4 is 14.9 Å². The van der Waals surface area contributed by atoms with Gasteiger partial charge in [0.15, 0.2) is 0 Å². The topological polar surface area (TPSA) is 113 Å². The zero-order chi connectivity index (χ0) is 28.8. The lowest BCUT2D eigenvalue weighted by Gasteiger charge is -2.18. The number of halogens is 4. The molecule has 0 bridgehead atoms. The number of hydrogen-bond acceptors (Lipinski definition) is 6. The van der Waals surface area contributed by atoms with Crippen molar-refractivity contribution in [2.45, 2.75) is 17.9 Å². The number of sulfonamides is 1. The Morgan fingerprint density at radius 3 is 2.10 bits per heavy atom. The van der Waals surface area contributed by atoms with Gasteiger partial charge in [-0.15, -0.1) is 0 Å². The Morgan fingerprint density at radius 1 is 0.825 bits per heavy atom. The van der Waals surface area contributed by atoms with Crippen molar-refractivity contribution in [2.24, 2.45) is 0 Å². The second-order valence-corrected chi connectivity index (χ2v) is 13.1. The molecule has 2 aliphatic heterocycles. The zero-order valence-corrected chi connectivity index (χ0v) is 24.8. The summed E-state index contributed by atoms with van der Waals surface area (Å²) in [6.07, 6.45) is 0.352. The van der Waals surface area contributed by atoms with Gasteiger partial charge < -0.3 is 4.90 Å². The van der Waals surface area contributed by atoms with E-state index in [9.17, 15) is 22.8 Å². The molecule has 2 heterocycles. The van der Waals surface area contributed by atoms with Gasteiger partial charge in [-0.3, -0.25) is 19.7 Å². The van der Waals surface area contributed by atoms with Crippen LogP contribution in [0.25, 0.3) is 5.57 Å². The summed E-state index contributed by atoms with van der Waals surface area (Å²) in [6, 6.07) is 14.1. The number of rotatable bonds is 7. The molecule has 0 aliphatic carbocycles. The fourth-order valence-corrected chi connectivity index (χ4v) is 6.73. The summed E-state index contributed by atoms with van der Waals surface area (Å²) in [6.45, 7) is 0.133. The van der Waals surface area contributed by atoms with Gasteiger partial charge in [-0.2, -0.15) is 0 Å². The van der Waals surface area contributed by atoms with Crippen molar-refractivity contribution in [3.8, 4) is 0 Å². The monoisotopic (exact) mass is 655 g/mol. The van der Waals surface area contributed by atoms with Gasteiger partial charge in [0.1, 0.15) is 0 Å². The predicted molar refractivity (Wildman–Crippen MR) is 157 cm³/mol. The van der Waals surface area contributed by atoms with Crippen LogP contribution in [-0.2, 0) is 32.6 Å². The second kappa shape index (κ2) is 11.4. The highest BCUT2D eigenvalue weighted by Crippen LogP contribution is 2.44. The lowest BCUT2D eigenvalue weighted by Crippen LogP contribution is -2.27. The molecule has 1 fully saturated rings. The number of hydrogen-bond donors (Lipinski definition) is 2. The van der Waals surface area contributed by atoms with Crippen molar-refractivity contribution in [2.75, 3.05) is 11.4 Å². The predicted octanol–water partition coefficient (Wildman–Crippen LogP) is 6.06. The van der Waals surface area contributed by atoms with Gasteiger partial charge in [0.25, 0.3) is 17.1 Å². The number of carbonyl (C=O) groups excluding carboxylic acids is 3. The minimum atomic E-state index is -4.01. The van der Waals surface area contributed by atoms with Gasteiger partial charge in [0.05, 0.1) is 47.7 Å². The number of fused-ring (bicyclic) bond motifs is 1. The summed E-state index contributed by atoms with van der Waals surface area (Å²) in [5, 5.41) is 2.93. The van der Waals surface area contributed by atoms with Crippen LogP contribution in [-0.4, -0.2) is 32.0 Å². The Kier molecular flexibility index (Phi) is 8.22. The molecule has 0 unspecified atom stereocenters. The molecule has 0 atom stereocenters. The van der Waals surface area contributed by atoms with E-state index in [0.29, 0.717) is 49.5 Å². The number of amides is 3. The average molecular weight is 657 g/mol. The molecular weight excluding hydrogens is 640 g/mol. The first kappa shape index (κ1) is 28.9. The zero-order valence-electron chi connectivity index (χ0n) is 20.1. The van der Waals surface area contributed by atoms with E-state index in [2.05, 4.69) is 10.0 Å². The van der Waals surface area contributed by atoms with E-state index in [1.807, 2.05) is 0 Å². The molecule has 2 N–H and O–H groups in total. The first-order chi connectivity index (χ1) is 18.9. The Bertz CT molecular complexity index is 1740. The molecule has 1 saturated heterocycles. The standard InChI is InChI=1S/C26H17Cl4N3O5S2/c27-17-4-1-13(9-19(17)29)7-8-31-40(37,38)15-3-6-21-16(11-15)22(23-24(34)32-26(36)39-23)25(35)33(21)12-14-2-5-18(28)20(30)10-14/h1-6,9-11,31H,7-8,12H2,(H,32,34,36)/b23-22-. The van der Waals surface area contributed by atoms with Crippen molar-refractivity contribution in [3.63, 3.8) is 0 Å². The normalized spacial score (nSPS) is 17.0. The Morgan fingerprint density at radius 2 is 1.48 bits per heavy atom. The fourth-order valence-electron chi connectivity index (χ4n) is 4.26. The Labute approximate surface area is 253 Å². The quantitative estimate of drug-likeness (QED) is 0.299. The Balaban J connectivity index is 1.48. The van der Waals surface area contributed by atoms with E-state index in [4.69, 9.17) is 46.4 Å². The summed E-state index contributed by atoms with van der Waals surface area (Å²) in [5.74, 6) is -1.29. The molecular formula is C26H17Cl4N3O5S2. The van der Waals surface area contributed by atoms with Crippen molar-refractivity contribution in [1.82, 2.24) is 10.0 Å². The van der Waals surface area contributed by atoms with Crippen LogP contribution in [0, 0.1) is 0 Å². The van der Waals surface area contributed by atoms with Crippen LogP contribution in [0.2, 0.25) is 20.1 Å². The molecule has 0 radical (unpaired) electrons. The van der Waals surface area contributed by atoms with Crippen molar-refractivity contribution >= 4 is 96.5 Å². The number of thioether (sulfide) groups is 1. The van der Waals surface area contributed by atoms with E-state index in [-0.39, 0.29) is 34.0 Å². The summed E-state index contributed by atoms with van der Waals surface area (Å²) in [5.41, 5.74) is 1.97. The van der Waals surface area contributed by atoms with Crippen molar-refractivity contribution in [1.29, 1.82) is 0 Å².